The van der Waals surface area contributed by atoms with Gasteiger partial charge in [0.1, 0.15) is 12.4 Å². The standard InChI is InChI=1S/C13H23NO4/c1-11(8-16-2)6-14-7-12(15)9-17-10-13-4-3-5-18-13/h3-5,11-12,14-15H,6-10H2,1-2H3. The molecule has 0 aliphatic rings. The van der Waals surface area contributed by atoms with Crippen molar-refractivity contribution in [3.63, 3.8) is 0 Å². The molecular weight excluding hydrogens is 234 g/mol. The molecule has 2 N–H and O–H groups in total. The van der Waals surface area contributed by atoms with Crippen molar-refractivity contribution >= 4 is 0 Å². The normalized spacial score (nSPS) is 14.6. The topological polar surface area (TPSA) is 63.9 Å². The lowest BCUT2D eigenvalue weighted by Gasteiger charge is -2.14. The lowest BCUT2D eigenvalue weighted by molar-refractivity contribution is 0.0220. The van der Waals surface area contributed by atoms with Crippen LogP contribution in [0.3, 0.4) is 0 Å². The Kier molecular flexibility index (Phi) is 7.68. The maximum absolute atomic E-state index is 9.67. The first-order chi connectivity index (χ1) is 8.72. The van der Waals surface area contributed by atoms with Gasteiger partial charge in [0, 0.05) is 20.3 Å². The third kappa shape index (κ3) is 6.76. The molecule has 0 spiro atoms. The van der Waals surface area contributed by atoms with E-state index in [0.717, 1.165) is 18.9 Å². The van der Waals surface area contributed by atoms with Crippen molar-refractivity contribution in [2.24, 2.45) is 5.92 Å². The van der Waals surface area contributed by atoms with E-state index in [1.165, 1.54) is 0 Å². The van der Waals surface area contributed by atoms with E-state index >= 15 is 0 Å². The maximum atomic E-state index is 9.67. The Morgan fingerprint density at radius 3 is 2.89 bits per heavy atom. The molecule has 0 aliphatic carbocycles. The summed E-state index contributed by atoms with van der Waals surface area (Å²) in [6.07, 6.45) is 1.10. The van der Waals surface area contributed by atoms with Crippen LogP contribution in [0.1, 0.15) is 12.7 Å². The van der Waals surface area contributed by atoms with E-state index in [4.69, 9.17) is 13.9 Å². The van der Waals surface area contributed by atoms with Crippen LogP contribution in [0, 0.1) is 5.92 Å². The van der Waals surface area contributed by atoms with Crippen molar-refractivity contribution < 1.29 is 19.0 Å². The summed E-state index contributed by atoms with van der Waals surface area (Å²) < 4.78 is 15.5. The van der Waals surface area contributed by atoms with Gasteiger partial charge in [-0.1, -0.05) is 6.92 Å². The third-order valence-electron chi connectivity index (χ3n) is 2.46. The van der Waals surface area contributed by atoms with Crippen molar-refractivity contribution in [2.45, 2.75) is 19.6 Å². The van der Waals surface area contributed by atoms with E-state index in [2.05, 4.69) is 12.2 Å². The minimum atomic E-state index is -0.505. The van der Waals surface area contributed by atoms with Crippen LogP contribution in [0.2, 0.25) is 0 Å². The van der Waals surface area contributed by atoms with Gasteiger partial charge in [0.05, 0.1) is 19.0 Å². The molecule has 0 fully saturated rings. The highest BCUT2D eigenvalue weighted by Crippen LogP contribution is 2.02. The van der Waals surface area contributed by atoms with E-state index in [-0.39, 0.29) is 0 Å². The summed E-state index contributed by atoms with van der Waals surface area (Å²) in [5.74, 6) is 1.20. The summed E-state index contributed by atoms with van der Waals surface area (Å²) >= 11 is 0. The molecule has 1 rings (SSSR count). The van der Waals surface area contributed by atoms with Crippen molar-refractivity contribution in [1.82, 2.24) is 5.32 Å². The quantitative estimate of drug-likeness (QED) is 0.655. The molecule has 5 nitrogen and oxygen atoms in total. The lowest BCUT2D eigenvalue weighted by Crippen LogP contribution is -2.33. The fourth-order valence-corrected chi connectivity index (χ4v) is 1.59. The van der Waals surface area contributed by atoms with Crippen LogP contribution in [0.4, 0.5) is 0 Å². The Balaban J connectivity index is 1.98. The molecule has 5 heteroatoms. The molecule has 0 bridgehead atoms. The lowest BCUT2D eigenvalue weighted by atomic mass is 10.2. The molecule has 0 saturated carbocycles. The van der Waals surface area contributed by atoms with Crippen LogP contribution in [0.5, 0.6) is 0 Å². The molecular formula is C13H23NO4. The summed E-state index contributed by atoms with van der Waals surface area (Å²) in [5, 5.41) is 12.9. The van der Waals surface area contributed by atoms with Gasteiger partial charge in [-0.2, -0.15) is 0 Å². The number of methoxy groups -OCH3 is 1. The van der Waals surface area contributed by atoms with Crippen LogP contribution >= 0.6 is 0 Å². The molecule has 1 aromatic rings. The average Bonchev–Trinajstić information content (AvgIpc) is 2.82. The van der Waals surface area contributed by atoms with Gasteiger partial charge >= 0.3 is 0 Å². The van der Waals surface area contributed by atoms with Crippen molar-refractivity contribution in [1.29, 1.82) is 0 Å². The highest BCUT2D eigenvalue weighted by atomic mass is 16.5. The summed E-state index contributed by atoms with van der Waals surface area (Å²) in [6, 6.07) is 3.66. The Morgan fingerprint density at radius 1 is 1.39 bits per heavy atom. The van der Waals surface area contributed by atoms with Gasteiger partial charge in [-0.15, -0.1) is 0 Å². The number of ether oxygens (including phenoxy) is 2. The summed E-state index contributed by atoms with van der Waals surface area (Å²) in [7, 11) is 1.69. The third-order valence-corrected chi connectivity index (χ3v) is 2.46. The van der Waals surface area contributed by atoms with Crippen molar-refractivity contribution in [2.75, 3.05) is 33.4 Å². The first-order valence-electron chi connectivity index (χ1n) is 6.20. The monoisotopic (exact) mass is 257 g/mol. The van der Waals surface area contributed by atoms with E-state index in [9.17, 15) is 5.11 Å². The molecule has 0 radical (unpaired) electrons. The zero-order valence-electron chi connectivity index (χ0n) is 11.1. The largest absolute Gasteiger partial charge is 0.467 e. The molecule has 2 unspecified atom stereocenters. The maximum Gasteiger partial charge on any atom is 0.129 e. The molecule has 0 aliphatic heterocycles. The summed E-state index contributed by atoms with van der Waals surface area (Å²) in [5.41, 5.74) is 0. The molecule has 1 aromatic heterocycles. The molecule has 0 amide bonds. The van der Waals surface area contributed by atoms with E-state index in [1.807, 2.05) is 12.1 Å². The van der Waals surface area contributed by atoms with E-state index in [1.54, 1.807) is 13.4 Å². The van der Waals surface area contributed by atoms with Gasteiger partial charge in [-0.25, -0.2) is 0 Å². The van der Waals surface area contributed by atoms with Crippen LogP contribution < -0.4 is 5.32 Å². The summed E-state index contributed by atoms with van der Waals surface area (Å²) in [6.45, 7) is 4.85. The zero-order valence-corrected chi connectivity index (χ0v) is 11.1. The van der Waals surface area contributed by atoms with Crippen LogP contribution in [0.15, 0.2) is 22.8 Å². The predicted molar refractivity (Wildman–Crippen MR) is 68.3 cm³/mol. The Labute approximate surface area is 108 Å². The first kappa shape index (κ1) is 15.2. The summed E-state index contributed by atoms with van der Waals surface area (Å²) in [4.78, 5) is 0. The Bertz CT molecular complexity index is 289. The molecule has 2 atom stereocenters. The molecule has 1 heterocycles. The van der Waals surface area contributed by atoms with Gasteiger partial charge in [-0.3, -0.25) is 0 Å². The minimum Gasteiger partial charge on any atom is -0.467 e. The number of furan rings is 1. The fourth-order valence-electron chi connectivity index (χ4n) is 1.59. The molecule has 0 aromatic carbocycles. The van der Waals surface area contributed by atoms with Crippen molar-refractivity contribution in [3.8, 4) is 0 Å². The second-order valence-electron chi connectivity index (χ2n) is 4.47. The number of nitrogens with one attached hydrogen (secondary N) is 1. The van der Waals surface area contributed by atoms with Crippen molar-refractivity contribution in [3.05, 3.63) is 24.2 Å². The van der Waals surface area contributed by atoms with Gasteiger partial charge in [-0.05, 0) is 24.6 Å². The fraction of sp³-hybridized carbons (Fsp3) is 0.692. The Morgan fingerprint density at radius 2 is 2.22 bits per heavy atom. The predicted octanol–water partition coefficient (Wildman–Crippen LogP) is 1.03. The number of aliphatic hydroxyl groups excluding tert-OH is 1. The van der Waals surface area contributed by atoms with Crippen LogP contribution in [-0.2, 0) is 16.1 Å². The van der Waals surface area contributed by atoms with E-state index in [0.29, 0.717) is 25.7 Å². The SMILES string of the molecule is COCC(C)CNCC(O)COCc1ccco1. The van der Waals surface area contributed by atoms with Gasteiger partial charge in [0.2, 0.25) is 0 Å². The highest BCUT2D eigenvalue weighted by molar-refractivity contribution is 4.96. The number of rotatable bonds is 10. The zero-order chi connectivity index (χ0) is 13.2. The first-order valence-corrected chi connectivity index (χ1v) is 6.20. The number of aliphatic hydroxyl groups is 1. The molecule has 18 heavy (non-hydrogen) atoms. The smallest absolute Gasteiger partial charge is 0.129 e. The molecule has 104 valence electrons. The van der Waals surface area contributed by atoms with E-state index < -0.39 is 6.10 Å². The second kappa shape index (κ2) is 9.10. The van der Waals surface area contributed by atoms with Gasteiger partial charge in [0.25, 0.3) is 0 Å². The van der Waals surface area contributed by atoms with Gasteiger partial charge < -0.3 is 24.3 Å². The number of hydrogen-bond donors (Lipinski definition) is 2. The average molecular weight is 257 g/mol. The van der Waals surface area contributed by atoms with Crippen LogP contribution in [-0.4, -0.2) is 44.6 Å². The highest BCUT2D eigenvalue weighted by Gasteiger charge is 2.06. The van der Waals surface area contributed by atoms with Gasteiger partial charge in [0.15, 0.2) is 0 Å². The molecule has 0 saturated heterocycles. The van der Waals surface area contributed by atoms with Crippen LogP contribution in [0.25, 0.3) is 0 Å². The Hall–Kier alpha value is -0.880. The number of hydrogen-bond acceptors (Lipinski definition) is 5. The second-order valence-corrected chi connectivity index (χ2v) is 4.47. The minimum absolute atomic E-state index is 0.298.